The monoisotopic (exact) mass is 343 g/mol. The SMILES string of the molecule is COc1ccc(NC(=O)COc2ccc(F)cc2Cl)cc1Cl. The number of rotatable bonds is 5. The fourth-order valence-corrected chi connectivity index (χ4v) is 2.16. The number of benzene rings is 2. The van der Waals surface area contributed by atoms with Crippen LogP contribution in [0.1, 0.15) is 0 Å². The molecular weight excluding hydrogens is 332 g/mol. The molecule has 0 aliphatic rings. The number of carbonyl (C=O) groups is 1. The number of ether oxygens (including phenoxy) is 2. The van der Waals surface area contributed by atoms with E-state index in [0.29, 0.717) is 16.5 Å². The predicted octanol–water partition coefficient (Wildman–Crippen LogP) is 4.16. The second-order valence-corrected chi connectivity index (χ2v) is 5.08. The Morgan fingerprint density at radius 3 is 2.45 bits per heavy atom. The van der Waals surface area contributed by atoms with Crippen LogP contribution in [-0.2, 0) is 4.79 Å². The van der Waals surface area contributed by atoms with E-state index in [4.69, 9.17) is 32.7 Å². The predicted molar refractivity (Wildman–Crippen MR) is 83.5 cm³/mol. The molecule has 0 unspecified atom stereocenters. The lowest BCUT2D eigenvalue weighted by molar-refractivity contribution is -0.118. The summed E-state index contributed by atoms with van der Waals surface area (Å²) in [7, 11) is 1.50. The zero-order chi connectivity index (χ0) is 16.1. The molecule has 1 N–H and O–H groups in total. The highest BCUT2D eigenvalue weighted by Gasteiger charge is 2.08. The Hall–Kier alpha value is -1.98. The highest BCUT2D eigenvalue weighted by molar-refractivity contribution is 6.32. The molecule has 0 heterocycles. The summed E-state index contributed by atoms with van der Waals surface area (Å²) in [6.45, 7) is -0.269. The van der Waals surface area contributed by atoms with Crippen molar-refractivity contribution in [3.05, 3.63) is 52.3 Å². The number of methoxy groups -OCH3 is 1. The molecule has 0 fully saturated rings. The topological polar surface area (TPSA) is 47.6 Å². The van der Waals surface area contributed by atoms with E-state index in [1.165, 1.54) is 19.2 Å². The zero-order valence-electron chi connectivity index (χ0n) is 11.5. The Labute approximate surface area is 136 Å². The van der Waals surface area contributed by atoms with Crippen LogP contribution in [0.4, 0.5) is 10.1 Å². The van der Waals surface area contributed by atoms with Crippen LogP contribution >= 0.6 is 23.2 Å². The van der Waals surface area contributed by atoms with E-state index in [1.807, 2.05) is 0 Å². The molecule has 4 nitrogen and oxygen atoms in total. The normalized spacial score (nSPS) is 10.2. The van der Waals surface area contributed by atoms with Gasteiger partial charge in [-0.1, -0.05) is 23.2 Å². The van der Waals surface area contributed by atoms with Crippen molar-refractivity contribution in [2.24, 2.45) is 0 Å². The second kappa shape index (κ2) is 7.33. The van der Waals surface area contributed by atoms with Crippen LogP contribution in [0.15, 0.2) is 36.4 Å². The number of nitrogens with one attached hydrogen (secondary N) is 1. The molecular formula is C15H12Cl2FNO3. The molecule has 0 bridgehead atoms. The molecule has 0 spiro atoms. The smallest absolute Gasteiger partial charge is 0.262 e. The van der Waals surface area contributed by atoms with Gasteiger partial charge in [0.15, 0.2) is 6.61 Å². The van der Waals surface area contributed by atoms with Gasteiger partial charge in [-0.3, -0.25) is 4.79 Å². The highest BCUT2D eigenvalue weighted by Crippen LogP contribution is 2.27. The highest BCUT2D eigenvalue weighted by atomic mass is 35.5. The summed E-state index contributed by atoms with van der Waals surface area (Å²) >= 11 is 11.8. The summed E-state index contributed by atoms with van der Waals surface area (Å²) in [4.78, 5) is 11.8. The molecule has 2 aromatic rings. The van der Waals surface area contributed by atoms with E-state index in [2.05, 4.69) is 5.32 Å². The number of hydrogen-bond donors (Lipinski definition) is 1. The molecule has 116 valence electrons. The van der Waals surface area contributed by atoms with Gasteiger partial charge in [-0.2, -0.15) is 0 Å². The van der Waals surface area contributed by atoms with Gasteiger partial charge < -0.3 is 14.8 Å². The van der Waals surface area contributed by atoms with E-state index in [1.54, 1.807) is 18.2 Å². The molecule has 0 radical (unpaired) electrons. The van der Waals surface area contributed by atoms with Gasteiger partial charge in [-0.15, -0.1) is 0 Å². The fourth-order valence-electron chi connectivity index (χ4n) is 1.68. The first-order valence-corrected chi connectivity index (χ1v) is 6.96. The van der Waals surface area contributed by atoms with Crippen LogP contribution in [0.5, 0.6) is 11.5 Å². The van der Waals surface area contributed by atoms with Gasteiger partial charge >= 0.3 is 0 Å². The summed E-state index contributed by atoms with van der Waals surface area (Å²) in [5.41, 5.74) is 0.504. The second-order valence-electron chi connectivity index (χ2n) is 4.26. The Balaban J connectivity index is 1.94. The van der Waals surface area contributed by atoms with Crippen molar-refractivity contribution < 1.29 is 18.7 Å². The van der Waals surface area contributed by atoms with Crippen LogP contribution < -0.4 is 14.8 Å². The first-order valence-electron chi connectivity index (χ1n) is 6.21. The van der Waals surface area contributed by atoms with Crippen LogP contribution in [0.2, 0.25) is 10.0 Å². The Kier molecular flexibility index (Phi) is 5.46. The van der Waals surface area contributed by atoms with Crippen molar-refractivity contribution in [3.63, 3.8) is 0 Å². The maximum absolute atomic E-state index is 12.9. The van der Waals surface area contributed by atoms with Crippen LogP contribution in [0.25, 0.3) is 0 Å². The molecule has 0 aliphatic carbocycles. The van der Waals surface area contributed by atoms with Crippen molar-refractivity contribution in [1.29, 1.82) is 0 Å². The summed E-state index contributed by atoms with van der Waals surface area (Å²) in [5.74, 6) is -0.142. The molecule has 1 amide bonds. The number of hydrogen-bond acceptors (Lipinski definition) is 3. The van der Waals surface area contributed by atoms with Crippen molar-refractivity contribution in [1.82, 2.24) is 0 Å². The van der Waals surface area contributed by atoms with Gasteiger partial charge in [0.1, 0.15) is 17.3 Å². The van der Waals surface area contributed by atoms with Gasteiger partial charge in [0, 0.05) is 5.69 Å². The largest absolute Gasteiger partial charge is 0.495 e. The number of halogens is 3. The summed E-state index contributed by atoms with van der Waals surface area (Å²) in [6.07, 6.45) is 0. The van der Waals surface area contributed by atoms with Gasteiger partial charge in [0.25, 0.3) is 5.91 Å². The molecule has 2 rings (SSSR count). The number of carbonyl (C=O) groups excluding carboxylic acids is 1. The first-order chi connectivity index (χ1) is 10.5. The van der Waals surface area contributed by atoms with Crippen LogP contribution in [0.3, 0.4) is 0 Å². The number of anilines is 1. The van der Waals surface area contributed by atoms with Gasteiger partial charge in [-0.05, 0) is 36.4 Å². The lowest BCUT2D eigenvalue weighted by Gasteiger charge is -2.10. The summed E-state index contributed by atoms with van der Waals surface area (Å²) < 4.78 is 23.1. The van der Waals surface area contributed by atoms with Crippen molar-refractivity contribution in [2.45, 2.75) is 0 Å². The van der Waals surface area contributed by atoms with Gasteiger partial charge in [0.2, 0.25) is 0 Å². The third kappa shape index (κ3) is 4.26. The summed E-state index contributed by atoms with van der Waals surface area (Å²) in [5, 5.41) is 3.09. The quantitative estimate of drug-likeness (QED) is 0.886. The van der Waals surface area contributed by atoms with Crippen molar-refractivity contribution in [2.75, 3.05) is 19.0 Å². The maximum Gasteiger partial charge on any atom is 0.262 e. The Morgan fingerprint density at radius 2 is 1.82 bits per heavy atom. The lowest BCUT2D eigenvalue weighted by Crippen LogP contribution is -2.20. The van der Waals surface area contributed by atoms with Crippen molar-refractivity contribution in [3.8, 4) is 11.5 Å². The number of amides is 1. The van der Waals surface area contributed by atoms with Crippen molar-refractivity contribution >= 4 is 34.8 Å². The minimum Gasteiger partial charge on any atom is -0.495 e. The minimum absolute atomic E-state index is 0.0975. The van der Waals surface area contributed by atoms with Gasteiger partial charge in [0.05, 0.1) is 17.2 Å². The third-order valence-electron chi connectivity index (χ3n) is 2.69. The molecule has 0 aliphatic heterocycles. The minimum atomic E-state index is -0.477. The standard InChI is InChI=1S/C15H12Cl2FNO3/c1-21-13-5-3-10(7-12(13)17)19-15(20)8-22-14-4-2-9(18)6-11(14)16/h2-7H,8H2,1H3,(H,19,20). The molecule has 22 heavy (non-hydrogen) atoms. The van der Waals surface area contributed by atoms with Crippen LogP contribution in [0, 0.1) is 5.82 Å². The van der Waals surface area contributed by atoms with E-state index in [9.17, 15) is 9.18 Å². The zero-order valence-corrected chi connectivity index (χ0v) is 13.0. The fraction of sp³-hybridized carbons (Fsp3) is 0.133. The molecule has 2 aromatic carbocycles. The van der Waals surface area contributed by atoms with E-state index in [0.717, 1.165) is 6.07 Å². The summed E-state index contributed by atoms with van der Waals surface area (Å²) in [6, 6.07) is 8.50. The van der Waals surface area contributed by atoms with Crippen LogP contribution in [-0.4, -0.2) is 19.6 Å². The maximum atomic E-state index is 12.9. The van der Waals surface area contributed by atoms with E-state index in [-0.39, 0.29) is 17.4 Å². The molecule has 0 atom stereocenters. The Morgan fingerprint density at radius 1 is 1.14 bits per heavy atom. The molecule has 0 aromatic heterocycles. The van der Waals surface area contributed by atoms with Gasteiger partial charge in [-0.25, -0.2) is 4.39 Å². The first kappa shape index (κ1) is 16.4. The molecule has 0 saturated carbocycles. The van der Waals surface area contributed by atoms with E-state index < -0.39 is 11.7 Å². The Bertz CT molecular complexity index is 694. The molecule has 0 saturated heterocycles. The lowest BCUT2D eigenvalue weighted by atomic mass is 10.3. The average molecular weight is 344 g/mol. The third-order valence-corrected chi connectivity index (χ3v) is 3.28. The average Bonchev–Trinajstić information content (AvgIpc) is 2.46. The van der Waals surface area contributed by atoms with E-state index >= 15 is 0 Å². The molecule has 7 heteroatoms.